The van der Waals surface area contributed by atoms with Crippen molar-refractivity contribution in [3.05, 3.63) is 103 Å². The zero-order chi connectivity index (χ0) is 26.5. The highest BCUT2D eigenvalue weighted by Gasteiger charge is 2.19. The molecule has 1 amide bonds. The molecule has 0 aliphatic heterocycles. The molecule has 0 saturated carbocycles. The minimum absolute atomic E-state index is 0.0108. The van der Waals surface area contributed by atoms with E-state index in [0.717, 1.165) is 0 Å². The van der Waals surface area contributed by atoms with Crippen LogP contribution in [0.15, 0.2) is 107 Å². The lowest BCUT2D eigenvalue weighted by Gasteiger charge is -2.10. The number of benzene rings is 3. The summed E-state index contributed by atoms with van der Waals surface area (Å²) in [5.74, 6) is -0.875. The number of oxazole rings is 1. The van der Waals surface area contributed by atoms with Crippen LogP contribution in [-0.4, -0.2) is 36.9 Å². The van der Waals surface area contributed by atoms with E-state index in [-0.39, 0.29) is 22.2 Å². The van der Waals surface area contributed by atoms with Gasteiger partial charge in [0.25, 0.3) is 15.9 Å². The van der Waals surface area contributed by atoms with E-state index in [9.17, 15) is 18.0 Å². The summed E-state index contributed by atoms with van der Waals surface area (Å²) in [6, 6.07) is 24.3. The van der Waals surface area contributed by atoms with Crippen LogP contribution in [0.4, 0.5) is 11.5 Å². The summed E-state index contributed by atoms with van der Waals surface area (Å²) >= 11 is 0. The van der Waals surface area contributed by atoms with Gasteiger partial charge in [0.2, 0.25) is 5.89 Å². The van der Waals surface area contributed by atoms with Gasteiger partial charge in [-0.15, -0.1) is 0 Å². The fraction of sp³-hybridized carbons (Fsp3) is 0.0370. The number of hydrogen-bond donors (Lipinski definition) is 2. The molecule has 190 valence electrons. The van der Waals surface area contributed by atoms with Gasteiger partial charge >= 0.3 is 5.97 Å². The summed E-state index contributed by atoms with van der Waals surface area (Å²) in [6.45, 7) is -0.554. The van der Waals surface area contributed by atoms with Gasteiger partial charge in [-0.3, -0.25) is 9.52 Å². The van der Waals surface area contributed by atoms with Gasteiger partial charge in [0.1, 0.15) is 11.3 Å². The van der Waals surface area contributed by atoms with Crippen molar-refractivity contribution in [1.29, 1.82) is 0 Å². The smallest absolute Gasteiger partial charge is 0.339 e. The topological polar surface area (TPSA) is 140 Å². The Hall–Kier alpha value is -5.03. The van der Waals surface area contributed by atoms with Crippen molar-refractivity contribution in [2.75, 3.05) is 16.6 Å². The van der Waals surface area contributed by atoms with E-state index in [1.807, 2.05) is 12.1 Å². The second-order valence-corrected chi connectivity index (χ2v) is 9.68. The number of aromatic nitrogens is 2. The van der Waals surface area contributed by atoms with Crippen LogP contribution >= 0.6 is 0 Å². The Labute approximate surface area is 217 Å². The number of nitrogens with one attached hydrogen (secondary N) is 2. The molecule has 2 heterocycles. The quantitative estimate of drug-likeness (QED) is 0.281. The van der Waals surface area contributed by atoms with E-state index in [1.54, 1.807) is 48.5 Å². The van der Waals surface area contributed by atoms with Crippen molar-refractivity contribution in [3.8, 4) is 11.5 Å². The van der Waals surface area contributed by atoms with Crippen molar-refractivity contribution in [1.82, 2.24) is 9.97 Å². The lowest BCUT2D eigenvalue weighted by molar-refractivity contribution is -0.119. The first-order valence-electron chi connectivity index (χ1n) is 11.3. The number of esters is 1. The van der Waals surface area contributed by atoms with Gasteiger partial charge in [0, 0.05) is 11.9 Å². The molecule has 10 nitrogen and oxygen atoms in total. The van der Waals surface area contributed by atoms with E-state index >= 15 is 0 Å². The Morgan fingerprint density at radius 1 is 0.868 bits per heavy atom. The number of anilines is 2. The normalized spacial score (nSPS) is 11.2. The second kappa shape index (κ2) is 10.5. The fourth-order valence-corrected chi connectivity index (χ4v) is 4.59. The highest BCUT2D eigenvalue weighted by Crippen LogP contribution is 2.27. The van der Waals surface area contributed by atoms with Gasteiger partial charge < -0.3 is 14.5 Å². The number of ether oxygens (including phenoxy) is 1. The van der Waals surface area contributed by atoms with Crippen molar-refractivity contribution in [2.45, 2.75) is 4.90 Å². The third kappa shape index (κ3) is 5.52. The largest absolute Gasteiger partial charge is 0.452 e. The number of nitrogens with zero attached hydrogens (tertiary/aromatic N) is 2. The number of rotatable bonds is 8. The molecule has 0 unspecified atom stereocenters. The predicted molar refractivity (Wildman–Crippen MR) is 140 cm³/mol. The molecule has 0 radical (unpaired) electrons. The summed E-state index contributed by atoms with van der Waals surface area (Å²) < 4.78 is 38.4. The third-order valence-electron chi connectivity index (χ3n) is 5.36. The lowest BCUT2D eigenvalue weighted by atomic mass is 10.1. The minimum atomic E-state index is -3.85. The number of fused-ring (bicyclic) bond motifs is 1. The first kappa shape index (κ1) is 24.7. The number of carbonyl (C=O) groups is 2. The molecule has 0 saturated heterocycles. The van der Waals surface area contributed by atoms with Gasteiger partial charge in [0.15, 0.2) is 12.2 Å². The monoisotopic (exact) mass is 528 g/mol. The standard InChI is InChI=1S/C27H20N4O6S/c32-25(29-18-12-14-19(15-13-18)38(34,35)31-24-11-5-6-16-28-24)17-36-27(33)21-8-2-1-7-20(21)26-30-22-9-3-4-10-23(22)37-26/h1-16H,17H2,(H,28,31)(H,29,32). The Balaban J connectivity index is 1.21. The van der Waals surface area contributed by atoms with Gasteiger partial charge in [-0.2, -0.15) is 0 Å². The molecule has 11 heteroatoms. The maximum Gasteiger partial charge on any atom is 0.339 e. The van der Waals surface area contributed by atoms with Gasteiger partial charge in [-0.05, 0) is 60.7 Å². The molecule has 0 spiro atoms. The summed E-state index contributed by atoms with van der Waals surface area (Å²) in [5.41, 5.74) is 2.19. The van der Waals surface area contributed by atoms with Crippen LogP contribution in [-0.2, 0) is 19.6 Å². The van der Waals surface area contributed by atoms with Crippen LogP contribution in [0.3, 0.4) is 0 Å². The van der Waals surface area contributed by atoms with Crippen LogP contribution in [0.25, 0.3) is 22.6 Å². The molecule has 3 aromatic carbocycles. The van der Waals surface area contributed by atoms with E-state index < -0.39 is 28.5 Å². The summed E-state index contributed by atoms with van der Waals surface area (Å²) in [6.07, 6.45) is 1.47. The first-order valence-corrected chi connectivity index (χ1v) is 12.8. The Morgan fingerprint density at radius 2 is 1.61 bits per heavy atom. The SMILES string of the molecule is O=C(COC(=O)c1ccccc1-c1nc2ccccc2o1)Nc1ccc(S(=O)(=O)Nc2ccccn2)cc1. The van der Waals surface area contributed by atoms with E-state index in [1.165, 1.54) is 36.5 Å². The maximum atomic E-state index is 12.8. The summed E-state index contributed by atoms with van der Waals surface area (Å²) in [5, 5.41) is 2.57. The van der Waals surface area contributed by atoms with Crippen LogP contribution in [0, 0.1) is 0 Å². The molecule has 0 aliphatic rings. The number of para-hydroxylation sites is 2. The van der Waals surface area contributed by atoms with Crippen molar-refractivity contribution >= 4 is 44.5 Å². The zero-order valence-corrected chi connectivity index (χ0v) is 20.5. The van der Waals surface area contributed by atoms with Gasteiger partial charge in [-0.1, -0.05) is 30.3 Å². The van der Waals surface area contributed by atoms with Crippen LogP contribution in [0.5, 0.6) is 0 Å². The Bertz CT molecular complexity index is 1680. The molecule has 0 fully saturated rings. The van der Waals surface area contributed by atoms with Gasteiger partial charge in [0.05, 0.1) is 16.0 Å². The van der Waals surface area contributed by atoms with Crippen LogP contribution in [0.2, 0.25) is 0 Å². The summed E-state index contributed by atoms with van der Waals surface area (Å²) in [7, 11) is -3.85. The molecule has 0 aliphatic carbocycles. The predicted octanol–water partition coefficient (Wildman–Crippen LogP) is 4.49. The average molecular weight is 529 g/mol. The minimum Gasteiger partial charge on any atom is -0.452 e. The molecule has 5 rings (SSSR count). The molecular weight excluding hydrogens is 508 g/mol. The van der Waals surface area contributed by atoms with Crippen molar-refractivity contribution < 1.29 is 27.2 Å². The molecule has 2 N–H and O–H groups in total. The van der Waals surface area contributed by atoms with E-state index in [0.29, 0.717) is 22.4 Å². The lowest BCUT2D eigenvalue weighted by Crippen LogP contribution is -2.21. The number of carbonyl (C=O) groups excluding carboxylic acids is 2. The first-order chi connectivity index (χ1) is 18.4. The zero-order valence-electron chi connectivity index (χ0n) is 19.7. The second-order valence-electron chi connectivity index (χ2n) is 8.00. The molecule has 0 bridgehead atoms. The molecule has 5 aromatic rings. The highest BCUT2D eigenvalue weighted by molar-refractivity contribution is 7.92. The maximum absolute atomic E-state index is 12.8. The highest BCUT2D eigenvalue weighted by atomic mass is 32.2. The average Bonchev–Trinajstić information content (AvgIpc) is 3.37. The Kier molecular flexibility index (Phi) is 6.83. The van der Waals surface area contributed by atoms with Crippen LogP contribution < -0.4 is 10.0 Å². The Morgan fingerprint density at radius 3 is 2.37 bits per heavy atom. The van der Waals surface area contributed by atoms with Crippen LogP contribution in [0.1, 0.15) is 10.4 Å². The molecule has 2 aromatic heterocycles. The number of sulfonamides is 1. The third-order valence-corrected chi connectivity index (χ3v) is 6.73. The summed E-state index contributed by atoms with van der Waals surface area (Å²) in [4.78, 5) is 33.5. The van der Waals surface area contributed by atoms with Gasteiger partial charge in [-0.25, -0.2) is 23.2 Å². The van der Waals surface area contributed by atoms with E-state index in [4.69, 9.17) is 9.15 Å². The molecule has 38 heavy (non-hydrogen) atoms. The van der Waals surface area contributed by atoms with E-state index in [2.05, 4.69) is 20.0 Å². The molecule has 0 atom stereocenters. The number of pyridine rings is 1. The van der Waals surface area contributed by atoms with Crippen molar-refractivity contribution in [3.63, 3.8) is 0 Å². The number of amides is 1. The fourth-order valence-electron chi connectivity index (χ4n) is 3.58. The molecular formula is C27H20N4O6S. The number of hydrogen-bond acceptors (Lipinski definition) is 8. The van der Waals surface area contributed by atoms with Crippen molar-refractivity contribution in [2.24, 2.45) is 0 Å².